The first kappa shape index (κ1) is 16.3. The van der Waals surface area contributed by atoms with E-state index in [1.807, 2.05) is 6.26 Å². The largest absolute Gasteiger partial charge is 0.462 e. The molecule has 6 nitrogen and oxygen atoms in total. The molecule has 0 amide bonds. The summed E-state index contributed by atoms with van der Waals surface area (Å²) in [6, 6.07) is 6.09. The zero-order valence-electron chi connectivity index (χ0n) is 12.0. The van der Waals surface area contributed by atoms with Crippen molar-refractivity contribution in [2.45, 2.75) is 11.1 Å². The van der Waals surface area contributed by atoms with Crippen molar-refractivity contribution in [3.8, 4) is 11.1 Å². The summed E-state index contributed by atoms with van der Waals surface area (Å²) in [6.45, 7) is 2.01. The fraction of sp³-hybridized carbons (Fsp3) is 0.214. The molecule has 0 saturated heterocycles. The van der Waals surface area contributed by atoms with Crippen LogP contribution >= 0.6 is 23.1 Å². The third-order valence-corrected chi connectivity index (χ3v) is 5.23. The Balaban J connectivity index is 2.50. The quantitative estimate of drug-likeness (QED) is 0.385. The number of carbonyl (C=O) groups is 1. The van der Waals surface area contributed by atoms with Gasteiger partial charge in [-0.2, -0.15) is 0 Å². The van der Waals surface area contributed by atoms with E-state index < -0.39 is 10.9 Å². The number of nitrogen functional groups attached to an aromatic ring is 1. The van der Waals surface area contributed by atoms with E-state index in [-0.39, 0.29) is 12.3 Å². The Labute approximate surface area is 135 Å². The number of nitrogens with two attached hydrogens (primary N) is 1. The van der Waals surface area contributed by atoms with Gasteiger partial charge < -0.3 is 10.5 Å². The number of thiophene rings is 1. The van der Waals surface area contributed by atoms with Crippen molar-refractivity contribution >= 4 is 40.4 Å². The Morgan fingerprint density at radius 2 is 2.05 bits per heavy atom. The van der Waals surface area contributed by atoms with Crippen LogP contribution in [-0.4, -0.2) is 23.8 Å². The number of carbonyl (C=O) groups excluding carboxylic acids is 1. The Morgan fingerprint density at radius 1 is 1.41 bits per heavy atom. The molecule has 8 heteroatoms. The van der Waals surface area contributed by atoms with Gasteiger partial charge in [0.1, 0.15) is 4.88 Å². The number of esters is 1. The number of nitrogens with zero attached hydrogens (tertiary/aromatic N) is 1. The van der Waals surface area contributed by atoms with Crippen molar-refractivity contribution in [2.24, 2.45) is 0 Å². The summed E-state index contributed by atoms with van der Waals surface area (Å²) >= 11 is 2.74. The molecule has 2 aromatic rings. The van der Waals surface area contributed by atoms with E-state index in [2.05, 4.69) is 0 Å². The van der Waals surface area contributed by atoms with Crippen LogP contribution in [0, 0.1) is 10.1 Å². The second-order valence-corrected chi connectivity index (χ2v) is 6.33. The van der Waals surface area contributed by atoms with Gasteiger partial charge in [0.05, 0.1) is 21.4 Å². The lowest BCUT2D eigenvalue weighted by Gasteiger charge is -2.04. The van der Waals surface area contributed by atoms with Gasteiger partial charge in [-0.15, -0.1) is 23.1 Å². The highest BCUT2D eigenvalue weighted by molar-refractivity contribution is 8.00. The molecule has 116 valence electrons. The number of nitro groups is 1. The molecule has 1 aromatic carbocycles. The molecule has 0 aliphatic carbocycles. The fourth-order valence-corrected chi connectivity index (χ4v) is 3.82. The van der Waals surface area contributed by atoms with Gasteiger partial charge in [-0.05, 0) is 30.9 Å². The summed E-state index contributed by atoms with van der Waals surface area (Å²) in [7, 11) is 0. The van der Waals surface area contributed by atoms with Crippen LogP contribution in [0.3, 0.4) is 0 Å². The first-order chi connectivity index (χ1) is 10.5. The van der Waals surface area contributed by atoms with Crippen LogP contribution in [0.4, 0.5) is 11.4 Å². The molecule has 0 radical (unpaired) electrons. The summed E-state index contributed by atoms with van der Waals surface area (Å²) in [5.41, 5.74) is 7.91. The van der Waals surface area contributed by atoms with E-state index in [0.29, 0.717) is 10.6 Å². The predicted octanol–water partition coefficient (Wildman–Crippen LogP) is 3.80. The molecule has 0 saturated carbocycles. The van der Waals surface area contributed by atoms with Crippen molar-refractivity contribution in [3.63, 3.8) is 0 Å². The van der Waals surface area contributed by atoms with Gasteiger partial charge in [-0.1, -0.05) is 0 Å². The molecule has 1 heterocycles. The number of benzene rings is 1. The topological polar surface area (TPSA) is 95.5 Å². The van der Waals surface area contributed by atoms with Crippen molar-refractivity contribution < 1.29 is 14.5 Å². The highest BCUT2D eigenvalue weighted by atomic mass is 32.2. The highest BCUT2D eigenvalue weighted by Gasteiger charge is 2.23. The van der Waals surface area contributed by atoms with Gasteiger partial charge in [0.2, 0.25) is 0 Å². The average molecular weight is 338 g/mol. The summed E-state index contributed by atoms with van der Waals surface area (Å²) in [4.78, 5) is 22.6. The maximum absolute atomic E-state index is 11.9. The van der Waals surface area contributed by atoms with Crippen molar-refractivity contribution in [2.75, 3.05) is 18.6 Å². The van der Waals surface area contributed by atoms with Gasteiger partial charge in [0.25, 0.3) is 5.69 Å². The van der Waals surface area contributed by atoms with Gasteiger partial charge in [-0.3, -0.25) is 10.1 Å². The first-order valence-electron chi connectivity index (χ1n) is 6.37. The lowest BCUT2D eigenvalue weighted by molar-refractivity contribution is -0.384. The van der Waals surface area contributed by atoms with Crippen LogP contribution in [0.1, 0.15) is 16.6 Å². The van der Waals surface area contributed by atoms with Crippen molar-refractivity contribution in [3.05, 3.63) is 39.3 Å². The standard InChI is InChI=1S/C14H14N2O4S2/c1-3-20-13(17)12-11(15)10(14(21-2)22-12)8-4-6-9(7-5-8)16(18)19/h4-7H,3,15H2,1-2H3. The number of anilines is 1. The third kappa shape index (κ3) is 3.07. The van der Waals surface area contributed by atoms with Gasteiger partial charge in [-0.25, -0.2) is 4.79 Å². The highest BCUT2D eigenvalue weighted by Crippen LogP contribution is 2.44. The summed E-state index contributed by atoms with van der Waals surface area (Å²) in [6.07, 6.45) is 1.88. The maximum atomic E-state index is 11.9. The van der Waals surface area contributed by atoms with Crippen LogP contribution in [0.25, 0.3) is 11.1 Å². The average Bonchev–Trinajstić information content (AvgIpc) is 2.84. The lowest BCUT2D eigenvalue weighted by Crippen LogP contribution is -2.05. The maximum Gasteiger partial charge on any atom is 0.350 e. The van der Waals surface area contributed by atoms with Gasteiger partial charge in [0, 0.05) is 17.7 Å². The molecule has 0 atom stereocenters. The minimum atomic E-state index is -0.458. The normalized spacial score (nSPS) is 10.5. The Bertz CT molecular complexity index is 710. The minimum Gasteiger partial charge on any atom is -0.462 e. The summed E-state index contributed by atoms with van der Waals surface area (Å²) in [5.74, 6) is -0.450. The predicted molar refractivity (Wildman–Crippen MR) is 88.6 cm³/mol. The van der Waals surface area contributed by atoms with Crippen LogP contribution < -0.4 is 5.73 Å². The van der Waals surface area contributed by atoms with E-state index in [9.17, 15) is 14.9 Å². The summed E-state index contributed by atoms with van der Waals surface area (Å²) < 4.78 is 5.87. The number of nitro benzene ring substituents is 1. The van der Waals surface area contributed by atoms with E-state index in [0.717, 1.165) is 15.3 Å². The number of thioether (sulfide) groups is 1. The smallest absolute Gasteiger partial charge is 0.350 e. The van der Waals surface area contributed by atoms with E-state index in [1.54, 1.807) is 19.1 Å². The van der Waals surface area contributed by atoms with E-state index in [4.69, 9.17) is 10.5 Å². The monoisotopic (exact) mass is 338 g/mol. The molecule has 0 fully saturated rings. The molecule has 2 N–H and O–H groups in total. The zero-order chi connectivity index (χ0) is 16.3. The van der Waals surface area contributed by atoms with E-state index >= 15 is 0 Å². The molecule has 0 aliphatic heterocycles. The van der Waals surface area contributed by atoms with Crippen LogP contribution in [0.15, 0.2) is 28.5 Å². The fourth-order valence-electron chi connectivity index (χ4n) is 1.94. The number of non-ortho nitro benzene ring substituents is 1. The van der Waals surface area contributed by atoms with Gasteiger partial charge in [0.15, 0.2) is 0 Å². The number of rotatable bonds is 5. The molecule has 0 aliphatic rings. The molecular weight excluding hydrogens is 324 g/mol. The number of ether oxygens (including phenoxy) is 1. The molecule has 22 heavy (non-hydrogen) atoms. The van der Waals surface area contributed by atoms with Crippen LogP contribution in [0.2, 0.25) is 0 Å². The molecule has 0 unspecified atom stereocenters. The lowest BCUT2D eigenvalue weighted by atomic mass is 10.1. The molecule has 0 spiro atoms. The number of hydrogen-bond acceptors (Lipinski definition) is 7. The van der Waals surface area contributed by atoms with Crippen molar-refractivity contribution in [1.29, 1.82) is 0 Å². The molecular formula is C14H14N2O4S2. The second-order valence-electron chi connectivity index (χ2n) is 4.24. The minimum absolute atomic E-state index is 0.00821. The molecule has 2 rings (SSSR count). The number of hydrogen-bond donors (Lipinski definition) is 1. The SMILES string of the molecule is CCOC(=O)c1sc(SC)c(-c2ccc([N+](=O)[O-])cc2)c1N. The van der Waals surface area contributed by atoms with Crippen LogP contribution in [-0.2, 0) is 4.74 Å². The summed E-state index contributed by atoms with van der Waals surface area (Å²) in [5, 5.41) is 10.7. The van der Waals surface area contributed by atoms with E-state index in [1.165, 1.54) is 35.2 Å². The molecule has 0 bridgehead atoms. The first-order valence-corrected chi connectivity index (χ1v) is 8.41. The van der Waals surface area contributed by atoms with Crippen molar-refractivity contribution in [1.82, 2.24) is 0 Å². The zero-order valence-corrected chi connectivity index (χ0v) is 13.6. The van der Waals surface area contributed by atoms with Gasteiger partial charge >= 0.3 is 5.97 Å². The third-order valence-electron chi connectivity index (χ3n) is 2.93. The Morgan fingerprint density at radius 3 is 2.55 bits per heavy atom. The van der Waals surface area contributed by atoms with Crippen LogP contribution in [0.5, 0.6) is 0 Å². The second kappa shape index (κ2) is 6.80. The Kier molecular flexibility index (Phi) is 5.04. The molecule has 1 aromatic heterocycles. The Hall–Kier alpha value is -2.06.